The molecule has 0 bridgehead atoms. The van der Waals surface area contributed by atoms with Gasteiger partial charge in [0.05, 0.1) is 11.4 Å². The number of pyridine rings is 1. The Labute approximate surface area is 117 Å². The van der Waals surface area contributed by atoms with Crippen LogP contribution in [0.2, 0.25) is 0 Å². The molecule has 1 aliphatic carbocycles. The van der Waals surface area contributed by atoms with Crippen molar-refractivity contribution in [3.63, 3.8) is 0 Å². The van der Waals surface area contributed by atoms with E-state index in [1.165, 1.54) is 62.0 Å². The highest BCUT2D eigenvalue weighted by atomic mass is 15.2. The van der Waals surface area contributed by atoms with Crippen LogP contribution in [0, 0.1) is 12.3 Å². The third-order valence-electron chi connectivity index (χ3n) is 5.20. The van der Waals surface area contributed by atoms with Crippen LogP contribution in [0.3, 0.4) is 0 Å². The summed E-state index contributed by atoms with van der Waals surface area (Å²) in [6.45, 7) is 7.99. The molecule has 1 spiro atoms. The quantitative estimate of drug-likeness (QED) is 0.811. The van der Waals surface area contributed by atoms with E-state index in [9.17, 15) is 0 Å². The van der Waals surface area contributed by atoms with Gasteiger partial charge in [0.2, 0.25) is 0 Å². The van der Waals surface area contributed by atoms with E-state index in [4.69, 9.17) is 4.98 Å². The SMILES string of the molecule is CCCN1c2cc(C)cnc2CC2(CCC2)C1CC. The highest BCUT2D eigenvalue weighted by Crippen LogP contribution is 2.53. The van der Waals surface area contributed by atoms with E-state index in [2.05, 4.69) is 31.7 Å². The largest absolute Gasteiger partial charge is 0.367 e. The molecule has 104 valence electrons. The Balaban J connectivity index is 2.04. The maximum atomic E-state index is 4.76. The second kappa shape index (κ2) is 4.81. The van der Waals surface area contributed by atoms with Crippen LogP contribution in [0.1, 0.15) is 57.2 Å². The summed E-state index contributed by atoms with van der Waals surface area (Å²) in [6.07, 6.45) is 9.97. The number of anilines is 1. The summed E-state index contributed by atoms with van der Waals surface area (Å²) >= 11 is 0. The van der Waals surface area contributed by atoms with Gasteiger partial charge in [0.1, 0.15) is 0 Å². The van der Waals surface area contributed by atoms with E-state index < -0.39 is 0 Å². The number of aromatic nitrogens is 1. The molecule has 1 aliphatic heterocycles. The Hall–Kier alpha value is -1.05. The van der Waals surface area contributed by atoms with E-state index in [0.29, 0.717) is 5.41 Å². The third kappa shape index (κ3) is 1.96. The van der Waals surface area contributed by atoms with Crippen molar-refractivity contribution in [3.8, 4) is 0 Å². The molecule has 1 fully saturated rings. The molecule has 0 N–H and O–H groups in total. The average molecular weight is 258 g/mol. The maximum Gasteiger partial charge on any atom is 0.0643 e. The van der Waals surface area contributed by atoms with Gasteiger partial charge in [-0.05, 0) is 56.1 Å². The van der Waals surface area contributed by atoms with Crippen molar-refractivity contribution in [2.45, 2.75) is 65.3 Å². The molecule has 19 heavy (non-hydrogen) atoms. The van der Waals surface area contributed by atoms with Crippen molar-refractivity contribution in [1.29, 1.82) is 0 Å². The summed E-state index contributed by atoms with van der Waals surface area (Å²) in [5.41, 5.74) is 4.60. The number of hydrogen-bond donors (Lipinski definition) is 0. The molecular formula is C17H26N2. The van der Waals surface area contributed by atoms with Gasteiger partial charge in [0.15, 0.2) is 0 Å². The van der Waals surface area contributed by atoms with E-state index in [1.54, 1.807) is 0 Å². The first-order chi connectivity index (χ1) is 9.20. The first-order valence-corrected chi connectivity index (χ1v) is 7.92. The molecule has 1 atom stereocenters. The zero-order valence-corrected chi connectivity index (χ0v) is 12.6. The average Bonchev–Trinajstić information content (AvgIpc) is 2.37. The molecular weight excluding hydrogens is 232 g/mol. The molecule has 0 saturated heterocycles. The van der Waals surface area contributed by atoms with Crippen molar-refractivity contribution in [2.75, 3.05) is 11.4 Å². The lowest BCUT2D eigenvalue weighted by Crippen LogP contribution is -2.56. The van der Waals surface area contributed by atoms with Crippen LogP contribution in [0.25, 0.3) is 0 Å². The van der Waals surface area contributed by atoms with Gasteiger partial charge >= 0.3 is 0 Å². The standard InChI is InChI=1S/C17H26N2/c1-4-9-19-15-10-13(3)12-18-14(15)11-17(7-6-8-17)16(19)5-2/h10,12,16H,4-9,11H2,1-3H3. The minimum Gasteiger partial charge on any atom is -0.367 e. The first-order valence-electron chi connectivity index (χ1n) is 7.92. The van der Waals surface area contributed by atoms with Gasteiger partial charge in [-0.1, -0.05) is 20.3 Å². The molecule has 1 unspecified atom stereocenters. The summed E-state index contributed by atoms with van der Waals surface area (Å²) < 4.78 is 0. The van der Waals surface area contributed by atoms with Gasteiger partial charge in [-0.25, -0.2) is 0 Å². The van der Waals surface area contributed by atoms with Gasteiger partial charge in [0.25, 0.3) is 0 Å². The number of fused-ring (bicyclic) bond motifs is 1. The highest BCUT2D eigenvalue weighted by molar-refractivity contribution is 5.56. The van der Waals surface area contributed by atoms with E-state index >= 15 is 0 Å². The lowest BCUT2D eigenvalue weighted by molar-refractivity contribution is 0.0775. The first kappa shape index (κ1) is 13.0. The molecule has 0 radical (unpaired) electrons. The van der Waals surface area contributed by atoms with Crippen LogP contribution in [0.4, 0.5) is 5.69 Å². The minimum absolute atomic E-state index is 0.541. The minimum atomic E-state index is 0.541. The van der Waals surface area contributed by atoms with Crippen molar-refractivity contribution in [1.82, 2.24) is 4.98 Å². The second-order valence-corrected chi connectivity index (χ2v) is 6.49. The summed E-state index contributed by atoms with van der Waals surface area (Å²) in [5, 5.41) is 0. The molecule has 0 amide bonds. The molecule has 1 aromatic heterocycles. The Morgan fingerprint density at radius 1 is 1.37 bits per heavy atom. The normalized spacial score (nSPS) is 24.2. The summed E-state index contributed by atoms with van der Waals surface area (Å²) in [4.78, 5) is 7.43. The topological polar surface area (TPSA) is 16.1 Å². The van der Waals surface area contributed by atoms with Gasteiger partial charge in [0, 0.05) is 18.8 Å². The molecule has 1 saturated carbocycles. The fourth-order valence-corrected chi connectivity index (χ4v) is 4.23. The summed E-state index contributed by atoms with van der Waals surface area (Å²) in [6, 6.07) is 3.09. The molecule has 2 heterocycles. The van der Waals surface area contributed by atoms with Gasteiger partial charge in [-0.3, -0.25) is 4.98 Å². The second-order valence-electron chi connectivity index (χ2n) is 6.49. The molecule has 3 rings (SSSR count). The molecule has 2 nitrogen and oxygen atoms in total. The Morgan fingerprint density at radius 2 is 2.16 bits per heavy atom. The lowest BCUT2D eigenvalue weighted by atomic mass is 9.59. The molecule has 1 aromatic rings. The van der Waals surface area contributed by atoms with Crippen LogP contribution in [-0.2, 0) is 6.42 Å². The van der Waals surface area contributed by atoms with Crippen LogP contribution in [0.5, 0.6) is 0 Å². The Bertz CT molecular complexity index is 462. The summed E-state index contributed by atoms with van der Waals surface area (Å²) in [5.74, 6) is 0. The number of rotatable bonds is 3. The van der Waals surface area contributed by atoms with Gasteiger partial charge in [-0.2, -0.15) is 0 Å². The molecule has 0 aromatic carbocycles. The van der Waals surface area contributed by atoms with E-state index in [1.807, 2.05) is 6.20 Å². The molecule has 2 heteroatoms. The zero-order valence-electron chi connectivity index (χ0n) is 12.6. The van der Waals surface area contributed by atoms with Gasteiger partial charge in [-0.15, -0.1) is 0 Å². The fourth-order valence-electron chi connectivity index (χ4n) is 4.23. The monoisotopic (exact) mass is 258 g/mol. The van der Waals surface area contributed by atoms with E-state index in [0.717, 1.165) is 6.04 Å². The van der Waals surface area contributed by atoms with Crippen molar-refractivity contribution in [2.24, 2.45) is 5.41 Å². The zero-order chi connectivity index (χ0) is 13.5. The van der Waals surface area contributed by atoms with Crippen molar-refractivity contribution < 1.29 is 0 Å². The highest BCUT2D eigenvalue weighted by Gasteiger charge is 2.49. The van der Waals surface area contributed by atoms with Crippen LogP contribution >= 0.6 is 0 Å². The smallest absolute Gasteiger partial charge is 0.0643 e. The third-order valence-corrected chi connectivity index (χ3v) is 5.20. The van der Waals surface area contributed by atoms with Gasteiger partial charge < -0.3 is 4.90 Å². The fraction of sp³-hybridized carbons (Fsp3) is 0.706. The van der Waals surface area contributed by atoms with E-state index in [-0.39, 0.29) is 0 Å². The molecule has 2 aliphatic rings. The lowest BCUT2D eigenvalue weighted by Gasteiger charge is -2.56. The van der Waals surface area contributed by atoms with Crippen molar-refractivity contribution in [3.05, 3.63) is 23.5 Å². The number of nitrogens with zero attached hydrogens (tertiary/aromatic N) is 2. The summed E-state index contributed by atoms with van der Waals surface area (Å²) in [7, 11) is 0. The number of aryl methyl sites for hydroxylation is 1. The van der Waals surface area contributed by atoms with Crippen LogP contribution in [-0.4, -0.2) is 17.6 Å². The van der Waals surface area contributed by atoms with Crippen molar-refractivity contribution >= 4 is 5.69 Å². The predicted octanol–water partition coefficient (Wildman–Crippen LogP) is 4.11. The predicted molar refractivity (Wildman–Crippen MR) is 80.7 cm³/mol. The number of hydrogen-bond acceptors (Lipinski definition) is 2. The van der Waals surface area contributed by atoms with Crippen LogP contribution in [0.15, 0.2) is 12.3 Å². The van der Waals surface area contributed by atoms with Crippen LogP contribution < -0.4 is 4.90 Å². The Morgan fingerprint density at radius 3 is 2.74 bits per heavy atom. The Kier molecular flexibility index (Phi) is 3.28. The maximum absolute atomic E-state index is 4.76.